The van der Waals surface area contributed by atoms with E-state index >= 15 is 0 Å². The molecule has 2 N–H and O–H groups in total. The Balaban J connectivity index is 1.55. The number of amides is 2. The van der Waals surface area contributed by atoms with Crippen molar-refractivity contribution in [3.8, 4) is 0 Å². The maximum atomic E-state index is 12.0. The zero-order valence-corrected chi connectivity index (χ0v) is 13.9. The van der Waals surface area contributed by atoms with E-state index in [2.05, 4.69) is 15.7 Å². The van der Waals surface area contributed by atoms with Gasteiger partial charge in [-0.1, -0.05) is 12.1 Å². The maximum Gasteiger partial charge on any atom is 0.287 e. The molecule has 3 rings (SSSR count). The third kappa shape index (κ3) is 4.71. The maximum absolute atomic E-state index is 12.0. The second-order valence-electron chi connectivity index (χ2n) is 5.24. The Bertz CT molecular complexity index is 874. The average Bonchev–Trinajstić information content (AvgIpc) is 3.24. The first-order chi connectivity index (χ1) is 12.1. The molecule has 3 aromatic rings. The highest BCUT2D eigenvalue weighted by Crippen LogP contribution is 2.14. The first kappa shape index (κ1) is 16.8. The SMILES string of the molecule is O=C(Cn1cccn1)Nc1cccc(CNC(=O)c2ccc(Cl)o2)c1. The number of carbonyl (C=O) groups excluding carboxylic acids is 2. The summed E-state index contributed by atoms with van der Waals surface area (Å²) >= 11 is 5.65. The van der Waals surface area contributed by atoms with Crippen LogP contribution in [0.4, 0.5) is 5.69 Å². The monoisotopic (exact) mass is 358 g/mol. The zero-order valence-electron chi connectivity index (χ0n) is 13.1. The highest BCUT2D eigenvalue weighted by molar-refractivity contribution is 6.29. The normalized spacial score (nSPS) is 10.4. The minimum atomic E-state index is -0.361. The van der Waals surface area contributed by atoms with Crippen LogP contribution in [0.2, 0.25) is 5.22 Å². The largest absolute Gasteiger partial charge is 0.440 e. The Kier molecular flexibility index (Phi) is 5.15. The fourth-order valence-corrected chi connectivity index (χ4v) is 2.35. The van der Waals surface area contributed by atoms with Crippen LogP contribution in [-0.4, -0.2) is 21.6 Å². The van der Waals surface area contributed by atoms with Crippen molar-refractivity contribution in [1.82, 2.24) is 15.1 Å². The number of nitrogens with zero attached hydrogens (tertiary/aromatic N) is 2. The van der Waals surface area contributed by atoms with Gasteiger partial charge in [0.15, 0.2) is 11.0 Å². The number of hydrogen-bond acceptors (Lipinski definition) is 4. The summed E-state index contributed by atoms with van der Waals surface area (Å²) in [6.07, 6.45) is 3.33. The van der Waals surface area contributed by atoms with Gasteiger partial charge in [0.25, 0.3) is 5.91 Å². The molecule has 0 bridgehead atoms. The van der Waals surface area contributed by atoms with Crippen LogP contribution < -0.4 is 10.6 Å². The van der Waals surface area contributed by atoms with Crippen molar-refractivity contribution in [2.75, 3.05) is 5.32 Å². The van der Waals surface area contributed by atoms with Crippen LogP contribution in [0.25, 0.3) is 0 Å². The highest BCUT2D eigenvalue weighted by atomic mass is 35.5. The summed E-state index contributed by atoms with van der Waals surface area (Å²) in [7, 11) is 0. The van der Waals surface area contributed by atoms with Gasteiger partial charge in [0.1, 0.15) is 6.54 Å². The van der Waals surface area contributed by atoms with E-state index in [1.807, 2.05) is 6.07 Å². The van der Waals surface area contributed by atoms with Gasteiger partial charge in [0, 0.05) is 24.6 Å². The summed E-state index contributed by atoms with van der Waals surface area (Å²) < 4.78 is 6.58. The molecule has 2 aromatic heterocycles. The van der Waals surface area contributed by atoms with Gasteiger partial charge in [-0.2, -0.15) is 5.10 Å². The second kappa shape index (κ2) is 7.67. The van der Waals surface area contributed by atoms with E-state index in [0.29, 0.717) is 12.2 Å². The summed E-state index contributed by atoms with van der Waals surface area (Å²) in [6, 6.07) is 12.0. The van der Waals surface area contributed by atoms with Gasteiger partial charge < -0.3 is 15.1 Å². The number of rotatable bonds is 6. The molecule has 0 aliphatic heterocycles. The molecule has 128 valence electrons. The van der Waals surface area contributed by atoms with Crippen molar-refractivity contribution in [2.45, 2.75) is 13.1 Å². The van der Waals surface area contributed by atoms with Gasteiger partial charge >= 0.3 is 0 Å². The molecule has 8 heteroatoms. The molecular formula is C17H15ClN4O3. The molecule has 0 aliphatic carbocycles. The topological polar surface area (TPSA) is 89.2 Å². The fraction of sp³-hybridized carbons (Fsp3) is 0.118. The standard InChI is InChI=1S/C17H15ClN4O3/c18-15-6-5-14(25-15)17(24)19-10-12-3-1-4-13(9-12)21-16(23)11-22-8-2-7-20-22/h1-9H,10-11H2,(H,19,24)(H,21,23). The van der Waals surface area contributed by atoms with Gasteiger partial charge in [-0.05, 0) is 47.5 Å². The lowest BCUT2D eigenvalue weighted by Gasteiger charge is -2.08. The molecule has 0 unspecified atom stereocenters. The van der Waals surface area contributed by atoms with Crippen LogP contribution >= 0.6 is 11.6 Å². The molecular weight excluding hydrogens is 344 g/mol. The predicted octanol–water partition coefficient (Wildman–Crippen LogP) is 2.70. The molecule has 1 aromatic carbocycles. The summed E-state index contributed by atoms with van der Waals surface area (Å²) in [5.41, 5.74) is 1.48. The van der Waals surface area contributed by atoms with Crippen molar-refractivity contribution < 1.29 is 14.0 Å². The van der Waals surface area contributed by atoms with E-state index in [0.717, 1.165) is 5.56 Å². The summed E-state index contributed by atoms with van der Waals surface area (Å²) in [5, 5.41) is 9.67. The van der Waals surface area contributed by atoms with Crippen LogP contribution in [0.15, 0.2) is 59.3 Å². The Hall–Kier alpha value is -3.06. The smallest absolute Gasteiger partial charge is 0.287 e. The number of anilines is 1. The van der Waals surface area contributed by atoms with E-state index in [1.165, 1.54) is 16.8 Å². The second-order valence-corrected chi connectivity index (χ2v) is 5.61. The minimum absolute atomic E-state index is 0.132. The molecule has 0 radical (unpaired) electrons. The Labute approximate surface area is 148 Å². The van der Waals surface area contributed by atoms with Gasteiger partial charge in [-0.15, -0.1) is 0 Å². The Morgan fingerprint density at radius 3 is 2.80 bits per heavy atom. The molecule has 0 aliphatic rings. The first-order valence-electron chi connectivity index (χ1n) is 7.50. The molecule has 0 atom stereocenters. The third-order valence-corrected chi connectivity index (χ3v) is 3.53. The fourth-order valence-electron chi connectivity index (χ4n) is 2.21. The van der Waals surface area contributed by atoms with Crippen LogP contribution in [0.3, 0.4) is 0 Å². The number of carbonyl (C=O) groups is 2. The number of furan rings is 1. The molecule has 7 nitrogen and oxygen atoms in total. The van der Waals surface area contributed by atoms with Crippen molar-refractivity contribution in [2.24, 2.45) is 0 Å². The number of halogens is 1. The first-order valence-corrected chi connectivity index (χ1v) is 7.88. The minimum Gasteiger partial charge on any atom is -0.440 e. The number of nitrogens with one attached hydrogen (secondary N) is 2. The molecule has 25 heavy (non-hydrogen) atoms. The number of hydrogen-bond donors (Lipinski definition) is 2. The molecule has 0 fully saturated rings. The van der Waals surface area contributed by atoms with Gasteiger partial charge in [-0.25, -0.2) is 0 Å². The van der Waals surface area contributed by atoms with Gasteiger partial charge in [0.05, 0.1) is 0 Å². The van der Waals surface area contributed by atoms with E-state index in [1.54, 1.807) is 36.7 Å². The molecule has 2 amide bonds. The lowest BCUT2D eigenvalue weighted by Crippen LogP contribution is -2.22. The van der Waals surface area contributed by atoms with E-state index in [-0.39, 0.29) is 29.3 Å². The predicted molar refractivity (Wildman–Crippen MR) is 92.2 cm³/mol. The Morgan fingerprint density at radius 1 is 1.20 bits per heavy atom. The highest BCUT2D eigenvalue weighted by Gasteiger charge is 2.10. The molecule has 0 saturated heterocycles. The Morgan fingerprint density at radius 2 is 2.08 bits per heavy atom. The van der Waals surface area contributed by atoms with Crippen molar-refractivity contribution >= 4 is 29.1 Å². The van der Waals surface area contributed by atoms with Gasteiger partial charge in [-0.3, -0.25) is 14.3 Å². The van der Waals surface area contributed by atoms with Gasteiger partial charge in [0.2, 0.25) is 5.91 Å². The third-order valence-electron chi connectivity index (χ3n) is 3.33. The molecule has 0 saturated carbocycles. The van der Waals surface area contributed by atoms with E-state index in [9.17, 15) is 9.59 Å². The molecule has 2 heterocycles. The van der Waals surface area contributed by atoms with Crippen molar-refractivity contribution in [3.05, 3.63) is 71.4 Å². The van der Waals surface area contributed by atoms with E-state index in [4.69, 9.17) is 16.0 Å². The average molecular weight is 359 g/mol. The lowest BCUT2D eigenvalue weighted by atomic mass is 10.2. The number of benzene rings is 1. The lowest BCUT2D eigenvalue weighted by molar-refractivity contribution is -0.116. The van der Waals surface area contributed by atoms with Crippen LogP contribution in [0.1, 0.15) is 16.1 Å². The number of aromatic nitrogens is 2. The summed E-state index contributed by atoms with van der Waals surface area (Å²) in [5.74, 6) is -0.399. The van der Waals surface area contributed by atoms with Crippen molar-refractivity contribution in [3.63, 3.8) is 0 Å². The van der Waals surface area contributed by atoms with Crippen LogP contribution in [0.5, 0.6) is 0 Å². The molecule has 0 spiro atoms. The van der Waals surface area contributed by atoms with Crippen LogP contribution in [0, 0.1) is 0 Å². The van der Waals surface area contributed by atoms with Crippen LogP contribution in [-0.2, 0) is 17.9 Å². The zero-order chi connectivity index (χ0) is 17.6. The van der Waals surface area contributed by atoms with Crippen molar-refractivity contribution in [1.29, 1.82) is 0 Å². The quantitative estimate of drug-likeness (QED) is 0.709. The summed E-state index contributed by atoms with van der Waals surface area (Å²) in [4.78, 5) is 23.9. The summed E-state index contributed by atoms with van der Waals surface area (Å²) in [6.45, 7) is 0.424. The van der Waals surface area contributed by atoms with E-state index < -0.39 is 0 Å².